The first-order valence-electron chi connectivity index (χ1n) is 7.80. The molecule has 0 aromatic carbocycles. The molecule has 0 aliphatic carbocycles. The molecule has 126 valence electrons. The summed E-state index contributed by atoms with van der Waals surface area (Å²) in [5.74, 6) is 1.16. The molecule has 7 nitrogen and oxygen atoms in total. The number of hydrogen-bond donors (Lipinski definition) is 2. The molecular formula is C16H20N6OS. The van der Waals surface area contributed by atoms with Gasteiger partial charge in [-0.1, -0.05) is 6.08 Å². The maximum absolute atomic E-state index is 11.2. The van der Waals surface area contributed by atoms with E-state index in [9.17, 15) is 4.79 Å². The number of rotatable bonds is 5. The van der Waals surface area contributed by atoms with Gasteiger partial charge in [0.15, 0.2) is 5.13 Å². The third-order valence-corrected chi connectivity index (χ3v) is 4.79. The van der Waals surface area contributed by atoms with Crippen molar-refractivity contribution in [2.24, 2.45) is 5.73 Å². The fraction of sp³-hybridized carbons (Fsp3) is 0.375. The average Bonchev–Trinajstić information content (AvgIpc) is 2.95. The van der Waals surface area contributed by atoms with Crippen molar-refractivity contribution in [1.29, 1.82) is 0 Å². The van der Waals surface area contributed by atoms with Gasteiger partial charge in [0.1, 0.15) is 17.3 Å². The van der Waals surface area contributed by atoms with E-state index in [0.29, 0.717) is 12.2 Å². The summed E-state index contributed by atoms with van der Waals surface area (Å²) >= 11 is 1.44. The number of aryl methyl sites for hydroxylation is 1. The number of nitrogens with one attached hydrogen (secondary N) is 1. The van der Waals surface area contributed by atoms with Gasteiger partial charge in [0, 0.05) is 37.0 Å². The Kier molecular flexibility index (Phi) is 4.75. The highest BCUT2D eigenvalue weighted by Crippen LogP contribution is 2.26. The normalized spacial score (nSPS) is 14.0. The molecule has 2 aromatic heterocycles. The van der Waals surface area contributed by atoms with E-state index in [1.807, 2.05) is 13.0 Å². The number of thiazole rings is 1. The van der Waals surface area contributed by atoms with E-state index in [2.05, 4.69) is 31.7 Å². The zero-order chi connectivity index (χ0) is 17.1. The second-order valence-corrected chi connectivity index (χ2v) is 6.42. The first kappa shape index (κ1) is 16.4. The fourth-order valence-electron chi connectivity index (χ4n) is 2.75. The third kappa shape index (κ3) is 3.38. The van der Waals surface area contributed by atoms with Crippen LogP contribution in [0.2, 0.25) is 0 Å². The number of fused-ring (bicyclic) bond motifs is 1. The SMILES string of the molecule is C=CCNc1nc(C)nc2c1CCN(c1nc(C(N)=O)cs1)CC2. The number of hydrogen-bond acceptors (Lipinski definition) is 7. The van der Waals surface area contributed by atoms with Crippen LogP contribution >= 0.6 is 11.3 Å². The molecule has 0 bridgehead atoms. The Bertz CT molecular complexity index is 772. The lowest BCUT2D eigenvalue weighted by Gasteiger charge is -2.18. The van der Waals surface area contributed by atoms with Crippen molar-refractivity contribution < 1.29 is 4.79 Å². The van der Waals surface area contributed by atoms with Crippen molar-refractivity contribution in [3.8, 4) is 0 Å². The Morgan fingerprint density at radius 3 is 2.92 bits per heavy atom. The molecule has 2 aromatic rings. The molecule has 1 aliphatic heterocycles. The lowest BCUT2D eigenvalue weighted by Crippen LogP contribution is -2.26. The number of carbonyl (C=O) groups excluding carboxylic acids is 1. The maximum Gasteiger partial charge on any atom is 0.268 e. The van der Waals surface area contributed by atoms with Crippen LogP contribution in [-0.2, 0) is 12.8 Å². The van der Waals surface area contributed by atoms with Crippen LogP contribution in [0.4, 0.5) is 10.9 Å². The van der Waals surface area contributed by atoms with E-state index in [-0.39, 0.29) is 0 Å². The molecule has 0 saturated carbocycles. The van der Waals surface area contributed by atoms with Crippen molar-refractivity contribution in [1.82, 2.24) is 15.0 Å². The van der Waals surface area contributed by atoms with Gasteiger partial charge in [-0.3, -0.25) is 4.79 Å². The number of carbonyl (C=O) groups is 1. The summed E-state index contributed by atoms with van der Waals surface area (Å²) in [6.07, 6.45) is 3.45. The monoisotopic (exact) mass is 344 g/mol. The highest BCUT2D eigenvalue weighted by molar-refractivity contribution is 7.13. The highest BCUT2D eigenvalue weighted by Gasteiger charge is 2.21. The number of nitrogens with two attached hydrogens (primary N) is 1. The Morgan fingerprint density at radius 1 is 1.42 bits per heavy atom. The molecule has 3 N–H and O–H groups in total. The molecule has 0 spiro atoms. The molecule has 0 unspecified atom stereocenters. The summed E-state index contributed by atoms with van der Waals surface area (Å²) in [5, 5.41) is 5.83. The van der Waals surface area contributed by atoms with Gasteiger partial charge < -0.3 is 16.0 Å². The van der Waals surface area contributed by atoms with Crippen molar-refractivity contribution in [3.05, 3.63) is 40.8 Å². The maximum atomic E-state index is 11.2. The van der Waals surface area contributed by atoms with Crippen molar-refractivity contribution in [3.63, 3.8) is 0 Å². The molecule has 24 heavy (non-hydrogen) atoms. The summed E-state index contributed by atoms with van der Waals surface area (Å²) in [4.78, 5) is 26.9. The Hall–Kier alpha value is -2.48. The summed E-state index contributed by atoms with van der Waals surface area (Å²) < 4.78 is 0. The number of amides is 1. The Balaban J connectivity index is 1.83. The van der Waals surface area contributed by atoms with E-state index in [1.165, 1.54) is 11.3 Å². The van der Waals surface area contributed by atoms with Gasteiger partial charge in [0.25, 0.3) is 5.91 Å². The van der Waals surface area contributed by atoms with Crippen LogP contribution in [-0.4, -0.2) is 40.5 Å². The standard InChI is InChI=1S/C16H20N6OS/c1-3-6-18-15-11-4-7-22(8-5-12(11)19-10(2)20-15)16-21-13(9-24-16)14(17)23/h3,9H,1,4-8H2,2H3,(H2,17,23)(H,18,19,20). The molecule has 1 amide bonds. The summed E-state index contributed by atoms with van der Waals surface area (Å²) in [5.41, 5.74) is 7.83. The van der Waals surface area contributed by atoms with Crippen LogP contribution in [0.5, 0.6) is 0 Å². The molecular weight excluding hydrogens is 324 g/mol. The lowest BCUT2D eigenvalue weighted by molar-refractivity contribution is 0.0996. The van der Waals surface area contributed by atoms with E-state index in [4.69, 9.17) is 5.73 Å². The minimum atomic E-state index is -0.493. The third-order valence-electron chi connectivity index (χ3n) is 3.88. The zero-order valence-corrected chi connectivity index (χ0v) is 14.4. The van der Waals surface area contributed by atoms with Gasteiger partial charge in [-0.25, -0.2) is 15.0 Å². The number of anilines is 2. The van der Waals surface area contributed by atoms with Crippen LogP contribution < -0.4 is 16.0 Å². The molecule has 0 atom stereocenters. The van der Waals surface area contributed by atoms with Gasteiger partial charge in [-0.05, 0) is 13.3 Å². The summed E-state index contributed by atoms with van der Waals surface area (Å²) in [6, 6.07) is 0. The Morgan fingerprint density at radius 2 is 2.21 bits per heavy atom. The van der Waals surface area contributed by atoms with Crippen LogP contribution in [0.1, 0.15) is 27.6 Å². The van der Waals surface area contributed by atoms with Crippen molar-refractivity contribution in [2.75, 3.05) is 29.9 Å². The molecule has 0 fully saturated rings. The quantitative estimate of drug-likeness (QED) is 0.799. The largest absolute Gasteiger partial charge is 0.366 e. The van der Waals surface area contributed by atoms with E-state index in [0.717, 1.165) is 54.0 Å². The Labute approximate surface area is 144 Å². The van der Waals surface area contributed by atoms with E-state index >= 15 is 0 Å². The van der Waals surface area contributed by atoms with E-state index in [1.54, 1.807) is 5.38 Å². The van der Waals surface area contributed by atoms with Crippen molar-refractivity contribution >= 4 is 28.2 Å². The topological polar surface area (TPSA) is 97.0 Å². The van der Waals surface area contributed by atoms with Gasteiger partial charge in [-0.2, -0.15) is 0 Å². The lowest BCUT2D eigenvalue weighted by atomic mass is 10.1. The van der Waals surface area contributed by atoms with Crippen molar-refractivity contribution in [2.45, 2.75) is 19.8 Å². The molecule has 0 radical (unpaired) electrons. The molecule has 8 heteroatoms. The number of nitrogens with zero attached hydrogens (tertiary/aromatic N) is 4. The van der Waals surface area contributed by atoms with Crippen LogP contribution in [0.25, 0.3) is 0 Å². The molecule has 3 heterocycles. The van der Waals surface area contributed by atoms with Gasteiger partial charge in [0.05, 0.1) is 5.69 Å². The summed E-state index contributed by atoms with van der Waals surface area (Å²) in [6.45, 7) is 7.91. The summed E-state index contributed by atoms with van der Waals surface area (Å²) in [7, 11) is 0. The minimum absolute atomic E-state index is 0.320. The number of aromatic nitrogens is 3. The first-order chi connectivity index (χ1) is 11.6. The van der Waals surface area contributed by atoms with Gasteiger partial charge in [-0.15, -0.1) is 17.9 Å². The molecule has 0 saturated heterocycles. The van der Waals surface area contributed by atoms with Gasteiger partial charge in [0.2, 0.25) is 0 Å². The average molecular weight is 344 g/mol. The molecule has 3 rings (SSSR count). The van der Waals surface area contributed by atoms with Crippen LogP contribution in [0, 0.1) is 6.92 Å². The highest BCUT2D eigenvalue weighted by atomic mass is 32.1. The van der Waals surface area contributed by atoms with Gasteiger partial charge >= 0.3 is 0 Å². The fourth-order valence-corrected chi connectivity index (χ4v) is 3.62. The predicted octanol–water partition coefficient (Wildman–Crippen LogP) is 1.54. The molecule has 1 aliphatic rings. The minimum Gasteiger partial charge on any atom is -0.366 e. The van der Waals surface area contributed by atoms with E-state index < -0.39 is 5.91 Å². The second kappa shape index (κ2) is 6.96. The smallest absolute Gasteiger partial charge is 0.268 e. The van der Waals surface area contributed by atoms with Crippen LogP contribution in [0.15, 0.2) is 18.0 Å². The zero-order valence-electron chi connectivity index (χ0n) is 13.6. The number of primary amides is 1. The van der Waals surface area contributed by atoms with Crippen LogP contribution in [0.3, 0.4) is 0 Å². The predicted molar refractivity (Wildman–Crippen MR) is 95.7 cm³/mol. The first-order valence-corrected chi connectivity index (χ1v) is 8.68. The second-order valence-electron chi connectivity index (χ2n) is 5.58.